The van der Waals surface area contributed by atoms with Crippen molar-refractivity contribution in [2.24, 2.45) is 0 Å². The van der Waals surface area contributed by atoms with Gasteiger partial charge in [0.2, 0.25) is 5.91 Å². The fourth-order valence-electron chi connectivity index (χ4n) is 3.25. The minimum atomic E-state index is -0.479. The molecule has 0 fully saturated rings. The van der Waals surface area contributed by atoms with E-state index in [-0.39, 0.29) is 18.9 Å². The van der Waals surface area contributed by atoms with Gasteiger partial charge in [0, 0.05) is 30.1 Å². The Morgan fingerprint density at radius 1 is 0.758 bits per heavy atom. The highest BCUT2D eigenvalue weighted by Crippen LogP contribution is 2.23. The highest BCUT2D eigenvalue weighted by Gasteiger charge is 2.15. The van der Waals surface area contributed by atoms with Crippen molar-refractivity contribution in [1.82, 2.24) is 26.1 Å². The Morgan fingerprint density at radius 3 is 2.30 bits per heavy atom. The summed E-state index contributed by atoms with van der Waals surface area (Å²) in [6, 6.07) is 23.1. The second-order valence-corrected chi connectivity index (χ2v) is 7.16. The number of hydrogen-bond acceptors (Lipinski definition) is 5. The van der Waals surface area contributed by atoms with Crippen LogP contribution in [0.1, 0.15) is 27.1 Å². The van der Waals surface area contributed by atoms with E-state index in [1.54, 1.807) is 48.7 Å². The number of benzene rings is 2. The summed E-state index contributed by atoms with van der Waals surface area (Å²) in [4.78, 5) is 45.9. The van der Waals surface area contributed by atoms with Crippen LogP contribution in [0, 0.1) is 0 Å². The fourth-order valence-corrected chi connectivity index (χ4v) is 3.25. The van der Waals surface area contributed by atoms with Gasteiger partial charge in [-0.1, -0.05) is 42.5 Å². The number of amides is 3. The summed E-state index contributed by atoms with van der Waals surface area (Å²) < 4.78 is 0. The first-order chi connectivity index (χ1) is 16.1. The monoisotopic (exact) mass is 439 g/mol. The summed E-state index contributed by atoms with van der Waals surface area (Å²) in [5.41, 5.74) is 7.53. The lowest BCUT2D eigenvalue weighted by atomic mass is 10.1. The van der Waals surface area contributed by atoms with Gasteiger partial charge in [0.05, 0.1) is 22.5 Å². The van der Waals surface area contributed by atoms with Crippen molar-refractivity contribution in [3.05, 3.63) is 96.2 Å². The minimum absolute atomic E-state index is 0.00906. The molecule has 8 nitrogen and oxygen atoms in total. The van der Waals surface area contributed by atoms with Gasteiger partial charge in [-0.05, 0) is 36.4 Å². The van der Waals surface area contributed by atoms with Crippen molar-refractivity contribution >= 4 is 28.6 Å². The number of carbonyl (C=O) groups excluding carboxylic acids is 3. The third-order valence-corrected chi connectivity index (χ3v) is 4.88. The lowest BCUT2D eigenvalue weighted by Crippen LogP contribution is -2.42. The molecule has 0 aliphatic rings. The Bertz CT molecular complexity index is 1290. The second-order valence-electron chi connectivity index (χ2n) is 7.16. The van der Waals surface area contributed by atoms with Crippen LogP contribution in [0.3, 0.4) is 0 Å². The van der Waals surface area contributed by atoms with Crippen LogP contribution in [0.4, 0.5) is 0 Å². The first kappa shape index (κ1) is 21.6. The highest BCUT2D eigenvalue weighted by atomic mass is 16.2. The summed E-state index contributed by atoms with van der Waals surface area (Å²) in [6.45, 7) is 0.136. The maximum absolute atomic E-state index is 12.9. The van der Waals surface area contributed by atoms with Crippen LogP contribution in [0.25, 0.3) is 22.3 Å². The van der Waals surface area contributed by atoms with Crippen molar-refractivity contribution in [3.8, 4) is 11.4 Å². The number of rotatable bonds is 6. The van der Waals surface area contributed by atoms with Crippen LogP contribution >= 0.6 is 0 Å². The Hall–Kier alpha value is -4.59. The first-order valence-electron chi connectivity index (χ1n) is 10.4. The Kier molecular flexibility index (Phi) is 6.65. The molecule has 3 N–H and O–H groups in total. The third kappa shape index (κ3) is 5.37. The number of nitrogens with one attached hydrogen (secondary N) is 3. The molecular formula is C25H21N5O3. The molecule has 0 saturated carbocycles. The molecule has 2 aromatic carbocycles. The van der Waals surface area contributed by atoms with Crippen molar-refractivity contribution in [1.29, 1.82) is 0 Å². The average Bonchev–Trinajstić information content (AvgIpc) is 2.87. The Labute approximate surface area is 190 Å². The molecule has 0 radical (unpaired) electrons. The van der Waals surface area contributed by atoms with E-state index in [1.807, 2.05) is 36.4 Å². The number of pyridine rings is 2. The van der Waals surface area contributed by atoms with Gasteiger partial charge in [-0.3, -0.25) is 30.2 Å². The van der Waals surface area contributed by atoms with Crippen LogP contribution < -0.4 is 16.2 Å². The third-order valence-electron chi connectivity index (χ3n) is 4.88. The smallest absolute Gasteiger partial charge is 0.270 e. The Morgan fingerprint density at radius 2 is 1.52 bits per heavy atom. The summed E-state index contributed by atoms with van der Waals surface area (Å²) >= 11 is 0. The van der Waals surface area contributed by atoms with Gasteiger partial charge in [-0.15, -0.1) is 0 Å². The molecule has 4 aromatic rings. The van der Waals surface area contributed by atoms with Gasteiger partial charge < -0.3 is 5.32 Å². The van der Waals surface area contributed by atoms with E-state index in [2.05, 4.69) is 26.1 Å². The molecule has 0 atom stereocenters. The number of nitrogens with zero attached hydrogens (tertiary/aromatic N) is 2. The predicted octanol–water partition coefficient (Wildman–Crippen LogP) is 2.88. The van der Waals surface area contributed by atoms with E-state index in [0.717, 1.165) is 0 Å². The largest absolute Gasteiger partial charge is 0.352 e. The van der Waals surface area contributed by atoms with Gasteiger partial charge in [0.25, 0.3) is 11.8 Å². The molecule has 0 saturated heterocycles. The number of aromatic nitrogens is 2. The van der Waals surface area contributed by atoms with Crippen LogP contribution in [-0.4, -0.2) is 34.2 Å². The fraction of sp³-hybridized carbons (Fsp3) is 0.0800. The molecule has 0 bridgehead atoms. The normalized spacial score (nSPS) is 10.4. The van der Waals surface area contributed by atoms with E-state index >= 15 is 0 Å². The number of carbonyl (C=O) groups is 3. The molecule has 4 rings (SSSR count). The zero-order valence-electron chi connectivity index (χ0n) is 17.6. The van der Waals surface area contributed by atoms with Crippen LogP contribution in [0.5, 0.6) is 0 Å². The number of hydrazine groups is 1. The molecule has 3 amide bonds. The average molecular weight is 439 g/mol. The molecular weight excluding hydrogens is 418 g/mol. The lowest BCUT2D eigenvalue weighted by molar-refractivity contribution is -0.121. The van der Waals surface area contributed by atoms with Crippen molar-refractivity contribution in [2.45, 2.75) is 6.42 Å². The molecule has 2 heterocycles. The minimum Gasteiger partial charge on any atom is -0.352 e. The maximum Gasteiger partial charge on any atom is 0.270 e. The number of hydrogen-bond donors (Lipinski definition) is 3. The van der Waals surface area contributed by atoms with E-state index in [0.29, 0.717) is 33.4 Å². The summed E-state index contributed by atoms with van der Waals surface area (Å²) in [5.74, 6) is -1.18. The van der Waals surface area contributed by atoms with E-state index in [9.17, 15) is 14.4 Å². The summed E-state index contributed by atoms with van der Waals surface area (Å²) in [5, 5.41) is 3.32. The molecule has 164 valence electrons. The molecule has 0 unspecified atom stereocenters. The van der Waals surface area contributed by atoms with Crippen molar-refractivity contribution in [2.75, 3.05) is 6.54 Å². The zero-order valence-corrected chi connectivity index (χ0v) is 17.6. The van der Waals surface area contributed by atoms with Crippen molar-refractivity contribution in [3.63, 3.8) is 0 Å². The maximum atomic E-state index is 12.9. The van der Waals surface area contributed by atoms with Gasteiger partial charge in [0.1, 0.15) is 0 Å². The van der Waals surface area contributed by atoms with Gasteiger partial charge >= 0.3 is 0 Å². The van der Waals surface area contributed by atoms with E-state index in [4.69, 9.17) is 0 Å². The number of fused-ring (bicyclic) bond motifs is 1. The molecule has 8 heteroatoms. The Balaban J connectivity index is 1.39. The second kappa shape index (κ2) is 10.1. The van der Waals surface area contributed by atoms with Crippen LogP contribution in [-0.2, 0) is 4.79 Å². The summed E-state index contributed by atoms with van der Waals surface area (Å²) in [6.07, 6.45) is 1.66. The molecule has 33 heavy (non-hydrogen) atoms. The highest BCUT2D eigenvalue weighted by molar-refractivity contribution is 6.07. The van der Waals surface area contributed by atoms with Crippen LogP contribution in [0.15, 0.2) is 85.1 Å². The van der Waals surface area contributed by atoms with Crippen molar-refractivity contribution < 1.29 is 14.4 Å². The molecule has 0 spiro atoms. The van der Waals surface area contributed by atoms with Gasteiger partial charge in [-0.2, -0.15) is 0 Å². The molecule has 0 aliphatic carbocycles. The predicted molar refractivity (Wildman–Crippen MR) is 124 cm³/mol. The summed E-state index contributed by atoms with van der Waals surface area (Å²) in [7, 11) is 0. The van der Waals surface area contributed by atoms with Gasteiger partial charge in [-0.25, -0.2) is 4.98 Å². The molecule has 2 aromatic heterocycles. The standard InChI is InChI=1S/C25H21N5O3/c31-23(13-15-27-24(32)17-8-2-1-3-9-17)29-30-25(33)19-16-22(21-12-6-7-14-26-21)28-20-11-5-4-10-18(19)20/h1-12,14,16H,13,15H2,(H,27,32)(H,29,31)(H,30,33). The first-order valence-corrected chi connectivity index (χ1v) is 10.4. The zero-order chi connectivity index (χ0) is 23.0. The molecule has 0 aliphatic heterocycles. The van der Waals surface area contributed by atoms with E-state index in [1.165, 1.54) is 0 Å². The number of para-hydroxylation sites is 1. The van der Waals surface area contributed by atoms with Gasteiger partial charge in [0.15, 0.2) is 0 Å². The SMILES string of the molecule is O=C(CCNC(=O)c1ccccc1)NNC(=O)c1cc(-c2ccccn2)nc2ccccc12. The lowest BCUT2D eigenvalue weighted by Gasteiger charge is -2.11. The van der Waals surface area contributed by atoms with Crippen LogP contribution in [0.2, 0.25) is 0 Å². The topological polar surface area (TPSA) is 113 Å². The quantitative estimate of drug-likeness (QED) is 0.400. The van der Waals surface area contributed by atoms with E-state index < -0.39 is 11.8 Å².